The summed E-state index contributed by atoms with van der Waals surface area (Å²) in [5, 5.41) is 27.1. The number of aromatic nitrogens is 3. The maximum absolute atomic E-state index is 13.1. The van der Waals surface area contributed by atoms with Crippen molar-refractivity contribution < 1.29 is 23.0 Å². The van der Waals surface area contributed by atoms with Crippen molar-refractivity contribution in [3.05, 3.63) is 52.4 Å². The molecule has 2 atom stereocenters. The van der Waals surface area contributed by atoms with Crippen LogP contribution in [0.1, 0.15) is 31.7 Å². The Bertz CT molecular complexity index is 1250. The number of alkyl halides is 3. The number of pyridine rings is 1. The molecule has 1 aliphatic rings. The average molecular weight is 461 g/mol. The van der Waals surface area contributed by atoms with Crippen molar-refractivity contribution in [3.8, 4) is 6.07 Å². The maximum atomic E-state index is 13.1. The number of hydrogen-bond acceptors (Lipinski definition) is 6. The Morgan fingerprint density at radius 2 is 2.06 bits per heavy atom. The van der Waals surface area contributed by atoms with Crippen LogP contribution in [-0.2, 0) is 15.9 Å². The summed E-state index contributed by atoms with van der Waals surface area (Å²) < 4.78 is 46.6. The lowest BCUT2D eigenvalue weighted by Gasteiger charge is -2.35. The third-order valence-corrected chi connectivity index (χ3v) is 6.02. The number of rotatable bonds is 5. The summed E-state index contributed by atoms with van der Waals surface area (Å²) in [7, 11) is 0. The van der Waals surface area contributed by atoms with Crippen molar-refractivity contribution in [2.24, 2.45) is 0 Å². The van der Waals surface area contributed by atoms with Gasteiger partial charge in [-0.05, 0) is 43.5 Å². The van der Waals surface area contributed by atoms with Crippen LogP contribution in [0.3, 0.4) is 0 Å². The van der Waals surface area contributed by atoms with E-state index in [-0.39, 0.29) is 29.8 Å². The van der Waals surface area contributed by atoms with E-state index in [1.807, 2.05) is 0 Å². The van der Waals surface area contributed by atoms with Gasteiger partial charge in [0.1, 0.15) is 5.39 Å². The third kappa shape index (κ3) is 3.96. The van der Waals surface area contributed by atoms with Crippen molar-refractivity contribution in [3.63, 3.8) is 0 Å². The van der Waals surface area contributed by atoms with Crippen LogP contribution in [0.25, 0.3) is 10.9 Å². The minimum absolute atomic E-state index is 0.136. The highest BCUT2D eigenvalue weighted by atomic mass is 19.4. The summed E-state index contributed by atoms with van der Waals surface area (Å²) in [4.78, 5) is 15.2. The predicted octanol–water partition coefficient (Wildman–Crippen LogP) is 3.66. The van der Waals surface area contributed by atoms with Crippen molar-refractivity contribution in [1.29, 1.82) is 5.26 Å². The molecule has 0 aliphatic carbocycles. The van der Waals surface area contributed by atoms with Gasteiger partial charge in [0.25, 0.3) is 5.56 Å². The summed E-state index contributed by atoms with van der Waals surface area (Å²) in [6.45, 7) is 1.53. The average Bonchev–Trinajstić information content (AvgIpc) is 3.14. The SMILES string of the molecule is CC(O)(c1ccc(Nc2nn(C3(CC#N)CCCOC3)c3cc[nH]c(=O)c23)cc1)C(F)(F)F. The topological polar surface area (TPSA) is 116 Å². The van der Waals surface area contributed by atoms with E-state index in [1.165, 1.54) is 18.3 Å². The number of H-pyrrole nitrogens is 1. The minimum atomic E-state index is -4.83. The van der Waals surface area contributed by atoms with Gasteiger partial charge in [-0.15, -0.1) is 0 Å². The molecule has 4 rings (SSSR count). The van der Waals surface area contributed by atoms with Crippen LogP contribution in [0.5, 0.6) is 0 Å². The van der Waals surface area contributed by atoms with E-state index >= 15 is 0 Å². The zero-order valence-corrected chi connectivity index (χ0v) is 17.7. The van der Waals surface area contributed by atoms with Crippen LogP contribution >= 0.6 is 0 Å². The number of nitriles is 1. The van der Waals surface area contributed by atoms with Crippen molar-refractivity contribution in [1.82, 2.24) is 14.8 Å². The fourth-order valence-electron chi connectivity index (χ4n) is 4.07. The molecule has 0 saturated carbocycles. The zero-order chi connectivity index (χ0) is 23.9. The molecule has 33 heavy (non-hydrogen) atoms. The Kier molecular flexibility index (Phi) is 5.67. The molecule has 8 nitrogen and oxygen atoms in total. The zero-order valence-electron chi connectivity index (χ0n) is 17.7. The van der Waals surface area contributed by atoms with Gasteiger partial charge in [0.05, 0.1) is 30.2 Å². The minimum Gasteiger partial charge on any atom is -0.379 e. The van der Waals surface area contributed by atoms with Gasteiger partial charge in [0, 0.05) is 18.5 Å². The molecule has 3 aromatic rings. The summed E-state index contributed by atoms with van der Waals surface area (Å²) in [5.41, 5.74) is -3.57. The lowest BCUT2D eigenvalue weighted by Crippen LogP contribution is -2.42. The molecular formula is C22H22F3N5O3. The molecule has 1 saturated heterocycles. The van der Waals surface area contributed by atoms with E-state index in [1.54, 1.807) is 10.7 Å². The van der Waals surface area contributed by atoms with Gasteiger partial charge >= 0.3 is 6.18 Å². The van der Waals surface area contributed by atoms with Crippen LogP contribution in [0, 0.1) is 11.3 Å². The van der Waals surface area contributed by atoms with Crippen molar-refractivity contribution in [2.75, 3.05) is 18.5 Å². The Morgan fingerprint density at radius 1 is 1.33 bits per heavy atom. The second kappa shape index (κ2) is 8.20. The van der Waals surface area contributed by atoms with Crippen molar-refractivity contribution >= 4 is 22.4 Å². The lowest BCUT2D eigenvalue weighted by molar-refractivity contribution is -0.258. The van der Waals surface area contributed by atoms with E-state index < -0.39 is 22.9 Å². The van der Waals surface area contributed by atoms with Gasteiger partial charge in [0.15, 0.2) is 11.4 Å². The van der Waals surface area contributed by atoms with E-state index in [4.69, 9.17) is 4.74 Å². The number of anilines is 2. The molecule has 2 aromatic heterocycles. The highest BCUT2D eigenvalue weighted by molar-refractivity contribution is 5.91. The third-order valence-electron chi connectivity index (χ3n) is 6.02. The molecule has 174 valence electrons. The van der Waals surface area contributed by atoms with Crippen LogP contribution in [0.4, 0.5) is 24.7 Å². The number of fused-ring (bicyclic) bond motifs is 1. The van der Waals surface area contributed by atoms with E-state index in [2.05, 4.69) is 21.5 Å². The van der Waals surface area contributed by atoms with Crippen molar-refractivity contribution in [2.45, 2.75) is 43.5 Å². The molecule has 0 spiro atoms. The first-order valence-corrected chi connectivity index (χ1v) is 10.3. The molecule has 3 N–H and O–H groups in total. The summed E-state index contributed by atoms with van der Waals surface area (Å²) in [6.07, 6.45) is -1.83. The number of halogens is 3. The molecule has 0 radical (unpaired) electrons. The Hall–Kier alpha value is -3.36. The highest BCUT2D eigenvalue weighted by Gasteiger charge is 2.51. The first kappa shape index (κ1) is 22.8. The van der Waals surface area contributed by atoms with Crippen LogP contribution in [0.15, 0.2) is 41.3 Å². The monoisotopic (exact) mass is 461 g/mol. The predicted molar refractivity (Wildman–Crippen MR) is 114 cm³/mol. The molecule has 0 bridgehead atoms. The van der Waals surface area contributed by atoms with Gasteiger partial charge in [-0.1, -0.05) is 12.1 Å². The van der Waals surface area contributed by atoms with Gasteiger partial charge in [-0.3, -0.25) is 9.48 Å². The molecule has 11 heteroatoms. The van der Waals surface area contributed by atoms with Gasteiger partial charge in [-0.25, -0.2) is 0 Å². The van der Waals surface area contributed by atoms with Crippen LogP contribution < -0.4 is 10.9 Å². The first-order valence-electron chi connectivity index (χ1n) is 10.3. The molecule has 0 amide bonds. The number of nitrogens with zero attached hydrogens (tertiary/aromatic N) is 3. The van der Waals surface area contributed by atoms with E-state index in [0.717, 1.165) is 18.6 Å². The number of nitrogens with one attached hydrogen (secondary N) is 2. The van der Waals surface area contributed by atoms with Gasteiger partial charge < -0.3 is 20.1 Å². The highest BCUT2D eigenvalue weighted by Crippen LogP contribution is 2.39. The van der Waals surface area contributed by atoms with Gasteiger partial charge in [0.2, 0.25) is 0 Å². The maximum Gasteiger partial charge on any atom is 0.421 e. The lowest BCUT2D eigenvalue weighted by atomic mass is 9.89. The Balaban J connectivity index is 1.75. The molecule has 2 unspecified atom stereocenters. The normalized spacial score (nSPS) is 20.8. The number of benzene rings is 1. The number of aliphatic hydroxyl groups is 1. The summed E-state index contributed by atoms with van der Waals surface area (Å²) in [5.74, 6) is 0.199. The van der Waals surface area contributed by atoms with Crippen LogP contribution in [0.2, 0.25) is 0 Å². The van der Waals surface area contributed by atoms with E-state index in [9.17, 15) is 28.3 Å². The fraction of sp³-hybridized carbons (Fsp3) is 0.409. The first-order chi connectivity index (χ1) is 15.6. The molecule has 1 aliphatic heterocycles. The summed E-state index contributed by atoms with van der Waals surface area (Å²) in [6, 6.07) is 8.92. The Labute approximate surface area is 186 Å². The quantitative estimate of drug-likeness (QED) is 0.534. The molecular weight excluding hydrogens is 439 g/mol. The van der Waals surface area contributed by atoms with Crippen LogP contribution in [-0.4, -0.2) is 39.3 Å². The van der Waals surface area contributed by atoms with E-state index in [0.29, 0.717) is 31.2 Å². The van der Waals surface area contributed by atoms with Gasteiger partial charge in [-0.2, -0.15) is 23.5 Å². The molecule has 1 aromatic carbocycles. The molecule has 1 fully saturated rings. The number of hydrogen-bond donors (Lipinski definition) is 3. The second-order valence-corrected chi connectivity index (χ2v) is 8.32. The number of ether oxygens (including phenoxy) is 1. The second-order valence-electron chi connectivity index (χ2n) is 8.32. The largest absolute Gasteiger partial charge is 0.421 e. The Morgan fingerprint density at radius 3 is 2.67 bits per heavy atom. The fourth-order valence-corrected chi connectivity index (χ4v) is 4.07. The standard InChI is InChI=1S/C22H22F3N5O3/c1-20(32,22(23,24)25)14-3-5-15(6-4-14)28-18-17-16(7-11-27-19(17)31)30(29-18)21(9-10-26)8-2-12-33-13-21/h3-7,11,32H,2,8-9,12-13H2,1H3,(H,27,31)(H,28,29). The molecule has 3 heterocycles. The smallest absolute Gasteiger partial charge is 0.379 e. The number of aromatic amines is 1. The summed E-state index contributed by atoms with van der Waals surface area (Å²) >= 11 is 0.